The van der Waals surface area contributed by atoms with Gasteiger partial charge in [-0.1, -0.05) is 26.0 Å². The van der Waals surface area contributed by atoms with Crippen LogP contribution in [-0.4, -0.2) is 23.5 Å². The Morgan fingerprint density at radius 2 is 1.90 bits per heavy atom. The van der Waals surface area contributed by atoms with Crippen LogP contribution < -0.4 is 5.32 Å². The van der Waals surface area contributed by atoms with Gasteiger partial charge in [0.25, 0.3) is 0 Å². The fraction of sp³-hybridized carbons (Fsp3) is 0.500. The Labute approximate surface area is 119 Å². The third-order valence-electron chi connectivity index (χ3n) is 4.10. The smallest absolute Gasteiger partial charge is 0.335 e. The summed E-state index contributed by atoms with van der Waals surface area (Å²) in [6, 6.07) is 6.67. The highest BCUT2D eigenvalue weighted by Gasteiger charge is 2.45. The van der Waals surface area contributed by atoms with E-state index < -0.39 is 5.97 Å². The Morgan fingerprint density at radius 1 is 1.30 bits per heavy atom. The molecule has 1 atom stereocenters. The first-order chi connectivity index (χ1) is 9.38. The summed E-state index contributed by atoms with van der Waals surface area (Å²) in [4.78, 5) is 22.5. The van der Waals surface area contributed by atoms with E-state index in [4.69, 9.17) is 5.11 Å². The molecule has 2 N–H and O–H groups in total. The van der Waals surface area contributed by atoms with Crippen molar-refractivity contribution in [1.29, 1.82) is 0 Å². The lowest BCUT2D eigenvalue weighted by Crippen LogP contribution is -2.26. The van der Waals surface area contributed by atoms with Crippen LogP contribution in [0.1, 0.15) is 42.6 Å². The second kappa shape index (κ2) is 5.65. The van der Waals surface area contributed by atoms with Crippen molar-refractivity contribution in [2.75, 3.05) is 6.54 Å². The van der Waals surface area contributed by atoms with Crippen LogP contribution in [0.2, 0.25) is 0 Å². The monoisotopic (exact) mass is 275 g/mol. The van der Waals surface area contributed by atoms with Gasteiger partial charge < -0.3 is 10.4 Å². The predicted molar refractivity (Wildman–Crippen MR) is 76.6 cm³/mol. The summed E-state index contributed by atoms with van der Waals surface area (Å²) in [5, 5.41) is 11.8. The number of carbonyl (C=O) groups is 2. The number of hydrogen-bond donors (Lipinski definition) is 2. The lowest BCUT2D eigenvalue weighted by Gasteiger charge is -2.07. The van der Waals surface area contributed by atoms with Crippen molar-refractivity contribution in [2.45, 2.75) is 33.1 Å². The Bertz CT molecular complexity index is 505. The summed E-state index contributed by atoms with van der Waals surface area (Å²) in [6.45, 7) is 5.20. The average Bonchev–Trinajstić information content (AvgIpc) is 3.02. The number of amides is 1. The van der Waals surface area contributed by atoms with E-state index >= 15 is 0 Å². The van der Waals surface area contributed by atoms with Gasteiger partial charge in [-0.25, -0.2) is 4.79 Å². The van der Waals surface area contributed by atoms with Gasteiger partial charge in [0.15, 0.2) is 0 Å². The lowest BCUT2D eigenvalue weighted by molar-refractivity contribution is -0.121. The van der Waals surface area contributed by atoms with Crippen molar-refractivity contribution in [3.63, 3.8) is 0 Å². The third kappa shape index (κ3) is 3.83. The first-order valence-electron chi connectivity index (χ1n) is 6.97. The van der Waals surface area contributed by atoms with Crippen LogP contribution >= 0.6 is 0 Å². The van der Waals surface area contributed by atoms with Gasteiger partial charge >= 0.3 is 5.97 Å². The van der Waals surface area contributed by atoms with E-state index in [-0.39, 0.29) is 11.5 Å². The molecule has 1 amide bonds. The molecule has 1 aliphatic rings. The molecule has 0 aromatic heterocycles. The number of benzene rings is 1. The molecule has 1 aromatic rings. The van der Waals surface area contributed by atoms with Crippen molar-refractivity contribution >= 4 is 11.9 Å². The zero-order chi connectivity index (χ0) is 14.8. The lowest BCUT2D eigenvalue weighted by atomic mass is 10.1. The van der Waals surface area contributed by atoms with Gasteiger partial charge in [-0.15, -0.1) is 0 Å². The van der Waals surface area contributed by atoms with Crippen molar-refractivity contribution < 1.29 is 14.7 Å². The maximum absolute atomic E-state index is 11.7. The van der Waals surface area contributed by atoms with E-state index in [1.54, 1.807) is 24.3 Å². The second-order valence-electron chi connectivity index (χ2n) is 6.20. The van der Waals surface area contributed by atoms with E-state index in [9.17, 15) is 9.59 Å². The maximum atomic E-state index is 11.7. The molecule has 0 bridgehead atoms. The number of rotatable bonds is 6. The molecular formula is C16H21NO3. The van der Waals surface area contributed by atoms with E-state index in [0.29, 0.717) is 24.2 Å². The van der Waals surface area contributed by atoms with Gasteiger partial charge in [0.2, 0.25) is 5.91 Å². The highest BCUT2D eigenvalue weighted by molar-refractivity contribution is 5.87. The van der Waals surface area contributed by atoms with E-state index in [2.05, 4.69) is 19.2 Å². The van der Waals surface area contributed by atoms with Crippen LogP contribution in [-0.2, 0) is 11.2 Å². The van der Waals surface area contributed by atoms with Gasteiger partial charge in [0.1, 0.15) is 0 Å². The molecular weight excluding hydrogens is 254 g/mol. The standard InChI is InChI=1S/C16H21NO3/c1-16(2)9-13(16)10-17-14(18)8-5-11-3-6-12(7-4-11)15(19)20/h3-4,6-7,13H,5,8-10H2,1-2H3,(H,17,18)(H,19,20). The molecule has 2 rings (SSSR count). The molecule has 4 nitrogen and oxygen atoms in total. The number of nitrogens with one attached hydrogen (secondary N) is 1. The number of aryl methyl sites for hydroxylation is 1. The van der Waals surface area contributed by atoms with Crippen molar-refractivity contribution in [3.05, 3.63) is 35.4 Å². The van der Waals surface area contributed by atoms with Crippen LogP contribution in [0, 0.1) is 11.3 Å². The number of aromatic carboxylic acids is 1. The summed E-state index contributed by atoms with van der Waals surface area (Å²) in [7, 11) is 0. The van der Waals surface area contributed by atoms with Gasteiger partial charge in [-0.3, -0.25) is 4.79 Å². The quantitative estimate of drug-likeness (QED) is 0.838. The topological polar surface area (TPSA) is 66.4 Å². The number of carboxylic acids is 1. The largest absolute Gasteiger partial charge is 0.478 e. The molecule has 1 fully saturated rings. The van der Waals surface area contributed by atoms with Crippen LogP contribution in [0.15, 0.2) is 24.3 Å². The average molecular weight is 275 g/mol. The molecule has 1 unspecified atom stereocenters. The summed E-state index contributed by atoms with van der Waals surface area (Å²) in [5.74, 6) is -0.252. The molecule has 0 spiro atoms. The molecule has 4 heteroatoms. The van der Waals surface area contributed by atoms with E-state index in [1.807, 2.05) is 0 Å². The number of carbonyl (C=O) groups excluding carboxylic acids is 1. The molecule has 20 heavy (non-hydrogen) atoms. The Kier molecular flexibility index (Phi) is 4.12. The molecule has 1 aliphatic carbocycles. The zero-order valence-corrected chi connectivity index (χ0v) is 12.0. The molecule has 1 aromatic carbocycles. The fourth-order valence-corrected chi connectivity index (χ4v) is 2.32. The first kappa shape index (κ1) is 14.6. The molecule has 0 saturated heterocycles. The van der Waals surface area contributed by atoms with E-state index in [1.165, 1.54) is 6.42 Å². The molecule has 0 heterocycles. The predicted octanol–water partition coefficient (Wildman–Crippen LogP) is 2.48. The van der Waals surface area contributed by atoms with Crippen molar-refractivity contribution in [3.8, 4) is 0 Å². The third-order valence-corrected chi connectivity index (χ3v) is 4.10. The molecule has 0 aliphatic heterocycles. The van der Waals surface area contributed by atoms with Crippen LogP contribution in [0.5, 0.6) is 0 Å². The summed E-state index contributed by atoms with van der Waals surface area (Å²) < 4.78 is 0. The van der Waals surface area contributed by atoms with Crippen LogP contribution in [0.3, 0.4) is 0 Å². The molecule has 0 radical (unpaired) electrons. The van der Waals surface area contributed by atoms with Gasteiger partial charge in [-0.05, 0) is 41.9 Å². The van der Waals surface area contributed by atoms with Crippen molar-refractivity contribution in [1.82, 2.24) is 5.32 Å². The summed E-state index contributed by atoms with van der Waals surface area (Å²) in [5.41, 5.74) is 1.64. The highest BCUT2D eigenvalue weighted by atomic mass is 16.4. The van der Waals surface area contributed by atoms with E-state index in [0.717, 1.165) is 12.1 Å². The minimum atomic E-state index is -0.929. The minimum absolute atomic E-state index is 0.0648. The van der Waals surface area contributed by atoms with Gasteiger partial charge in [0, 0.05) is 13.0 Å². The summed E-state index contributed by atoms with van der Waals surface area (Å²) in [6.07, 6.45) is 2.27. The van der Waals surface area contributed by atoms with Gasteiger partial charge in [-0.2, -0.15) is 0 Å². The maximum Gasteiger partial charge on any atom is 0.335 e. The summed E-state index contributed by atoms with van der Waals surface area (Å²) >= 11 is 0. The number of hydrogen-bond acceptors (Lipinski definition) is 2. The SMILES string of the molecule is CC1(C)CC1CNC(=O)CCc1ccc(C(=O)O)cc1. The van der Waals surface area contributed by atoms with Crippen molar-refractivity contribution in [2.24, 2.45) is 11.3 Å². The normalized spacial score (nSPS) is 19.4. The Balaban J connectivity index is 1.71. The number of carboxylic acid groups (broad SMARTS) is 1. The molecule has 108 valence electrons. The Morgan fingerprint density at radius 3 is 2.40 bits per heavy atom. The van der Waals surface area contributed by atoms with Crippen LogP contribution in [0.4, 0.5) is 0 Å². The van der Waals surface area contributed by atoms with Gasteiger partial charge in [0.05, 0.1) is 5.56 Å². The second-order valence-corrected chi connectivity index (χ2v) is 6.20. The minimum Gasteiger partial charge on any atom is -0.478 e. The Hall–Kier alpha value is -1.84. The highest BCUT2D eigenvalue weighted by Crippen LogP contribution is 2.50. The first-order valence-corrected chi connectivity index (χ1v) is 6.97. The van der Waals surface area contributed by atoms with Crippen LogP contribution in [0.25, 0.3) is 0 Å². The fourth-order valence-electron chi connectivity index (χ4n) is 2.32. The molecule has 1 saturated carbocycles. The zero-order valence-electron chi connectivity index (χ0n) is 12.0.